The molecule has 2 heterocycles. The number of carbonyl (C=O) groups excluding carboxylic acids is 1. The summed E-state index contributed by atoms with van der Waals surface area (Å²) in [5.41, 5.74) is 2.14. The van der Waals surface area contributed by atoms with Gasteiger partial charge in [-0.15, -0.1) is 0 Å². The molecule has 0 aliphatic carbocycles. The van der Waals surface area contributed by atoms with E-state index in [-0.39, 0.29) is 35.1 Å². The standard InChI is InChI=1S/C18H25N3O3S2/c1-12(2)9-21(15-5-6-26(23,24)11-15)17(22)10-25-18-16(8-19)13(3)7-14(4)20-18/h7,12,15H,5-6,9-11H2,1-4H3/t15-/m1/s1. The molecular formula is C18H25N3O3S2. The lowest BCUT2D eigenvalue weighted by Gasteiger charge is -2.30. The van der Waals surface area contributed by atoms with E-state index in [9.17, 15) is 18.5 Å². The fraction of sp³-hybridized carbons (Fsp3) is 0.611. The summed E-state index contributed by atoms with van der Waals surface area (Å²) in [5, 5.41) is 9.91. The van der Waals surface area contributed by atoms with Crippen LogP contribution < -0.4 is 0 Å². The maximum absolute atomic E-state index is 12.8. The van der Waals surface area contributed by atoms with Crippen LogP contribution in [0.4, 0.5) is 0 Å². The number of sulfone groups is 1. The monoisotopic (exact) mass is 395 g/mol. The lowest BCUT2D eigenvalue weighted by atomic mass is 10.1. The van der Waals surface area contributed by atoms with Crippen molar-refractivity contribution in [2.24, 2.45) is 5.92 Å². The third-order valence-electron chi connectivity index (χ3n) is 4.29. The Labute approximate surface area is 159 Å². The molecule has 0 N–H and O–H groups in total. The first-order chi connectivity index (χ1) is 12.1. The number of nitriles is 1. The van der Waals surface area contributed by atoms with Gasteiger partial charge in [0.05, 0.1) is 22.8 Å². The summed E-state index contributed by atoms with van der Waals surface area (Å²) >= 11 is 1.25. The van der Waals surface area contributed by atoms with Crippen molar-refractivity contribution in [1.82, 2.24) is 9.88 Å². The molecule has 1 atom stereocenters. The van der Waals surface area contributed by atoms with Crippen molar-refractivity contribution in [2.75, 3.05) is 23.8 Å². The normalized spacial score (nSPS) is 18.7. The van der Waals surface area contributed by atoms with Crippen LogP contribution in [0.15, 0.2) is 11.1 Å². The quantitative estimate of drug-likeness (QED) is 0.687. The zero-order valence-corrected chi connectivity index (χ0v) is 17.3. The third-order valence-corrected chi connectivity index (χ3v) is 7.00. The molecule has 1 aromatic heterocycles. The van der Waals surface area contributed by atoms with Gasteiger partial charge in [-0.05, 0) is 37.8 Å². The Balaban J connectivity index is 2.14. The van der Waals surface area contributed by atoms with Gasteiger partial charge in [0.1, 0.15) is 11.1 Å². The van der Waals surface area contributed by atoms with E-state index in [1.807, 2.05) is 33.8 Å². The van der Waals surface area contributed by atoms with Crippen LogP contribution in [0, 0.1) is 31.1 Å². The molecule has 6 nitrogen and oxygen atoms in total. The largest absolute Gasteiger partial charge is 0.338 e. The van der Waals surface area contributed by atoms with Gasteiger partial charge in [0.15, 0.2) is 9.84 Å². The van der Waals surface area contributed by atoms with Gasteiger partial charge in [0.2, 0.25) is 5.91 Å². The molecule has 26 heavy (non-hydrogen) atoms. The van der Waals surface area contributed by atoms with Crippen LogP contribution in [0.2, 0.25) is 0 Å². The molecule has 8 heteroatoms. The molecule has 0 unspecified atom stereocenters. The van der Waals surface area contributed by atoms with Crippen LogP contribution in [0.5, 0.6) is 0 Å². The fourth-order valence-electron chi connectivity index (χ4n) is 3.13. The average molecular weight is 396 g/mol. The van der Waals surface area contributed by atoms with E-state index in [2.05, 4.69) is 11.1 Å². The molecule has 0 spiro atoms. The van der Waals surface area contributed by atoms with Crippen molar-refractivity contribution in [3.8, 4) is 6.07 Å². The summed E-state index contributed by atoms with van der Waals surface area (Å²) in [4.78, 5) is 18.9. The number of carbonyl (C=O) groups is 1. The van der Waals surface area contributed by atoms with Gasteiger partial charge >= 0.3 is 0 Å². The third kappa shape index (κ3) is 5.21. The number of aryl methyl sites for hydroxylation is 2. The number of aromatic nitrogens is 1. The SMILES string of the molecule is Cc1cc(C)c(C#N)c(SCC(=O)N(CC(C)C)[C@@H]2CCS(=O)(=O)C2)n1. The van der Waals surface area contributed by atoms with E-state index in [0.29, 0.717) is 23.6 Å². The molecule has 1 aliphatic heterocycles. The summed E-state index contributed by atoms with van der Waals surface area (Å²) in [6, 6.07) is 3.75. The van der Waals surface area contributed by atoms with E-state index in [1.165, 1.54) is 11.8 Å². The molecule has 1 saturated heterocycles. The topological polar surface area (TPSA) is 91.1 Å². The number of amides is 1. The molecule has 1 aromatic rings. The highest BCUT2D eigenvalue weighted by atomic mass is 32.2. The predicted octanol–water partition coefficient (Wildman–Crippen LogP) is 2.33. The lowest BCUT2D eigenvalue weighted by Crippen LogP contribution is -2.44. The maximum atomic E-state index is 12.8. The van der Waals surface area contributed by atoms with Crippen molar-refractivity contribution in [2.45, 2.75) is 45.2 Å². The zero-order chi connectivity index (χ0) is 19.5. The minimum Gasteiger partial charge on any atom is -0.338 e. The minimum absolute atomic E-state index is 0.0430. The molecular weight excluding hydrogens is 370 g/mol. The van der Waals surface area contributed by atoms with Crippen LogP contribution in [0.1, 0.15) is 37.1 Å². The average Bonchev–Trinajstić information content (AvgIpc) is 2.89. The number of thioether (sulfide) groups is 1. The molecule has 1 amide bonds. The summed E-state index contributed by atoms with van der Waals surface area (Å²) in [6.07, 6.45) is 0.497. The van der Waals surface area contributed by atoms with Gasteiger partial charge in [-0.3, -0.25) is 4.79 Å². The molecule has 2 rings (SSSR count). The molecule has 1 fully saturated rings. The molecule has 0 bridgehead atoms. The number of hydrogen-bond acceptors (Lipinski definition) is 6. The second-order valence-corrected chi connectivity index (χ2v) is 10.4. The minimum atomic E-state index is -3.05. The summed E-state index contributed by atoms with van der Waals surface area (Å²) in [7, 11) is -3.05. The smallest absolute Gasteiger partial charge is 0.233 e. The number of nitrogens with zero attached hydrogens (tertiary/aromatic N) is 3. The van der Waals surface area contributed by atoms with E-state index in [0.717, 1.165) is 11.3 Å². The summed E-state index contributed by atoms with van der Waals surface area (Å²) < 4.78 is 23.6. The van der Waals surface area contributed by atoms with Gasteiger partial charge in [0.25, 0.3) is 0 Å². The van der Waals surface area contributed by atoms with Gasteiger partial charge in [-0.1, -0.05) is 25.6 Å². The van der Waals surface area contributed by atoms with E-state index in [4.69, 9.17) is 0 Å². The summed E-state index contributed by atoms with van der Waals surface area (Å²) in [6.45, 7) is 8.26. The van der Waals surface area contributed by atoms with Crippen molar-refractivity contribution in [3.05, 3.63) is 22.9 Å². The number of pyridine rings is 1. The van der Waals surface area contributed by atoms with Crippen molar-refractivity contribution in [3.63, 3.8) is 0 Å². The fourth-order valence-corrected chi connectivity index (χ4v) is 5.84. The lowest BCUT2D eigenvalue weighted by molar-refractivity contribution is -0.130. The predicted molar refractivity (Wildman–Crippen MR) is 103 cm³/mol. The molecule has 142 valence electrons. The van der Waals surface area contributed by atoms with Crippen molar-refractivity contribution in [1.29, 1.82) is 5.26 Å². The highest BCUT2D eigenvalue weighted by molar-refractivity contribution is 8.00. The highest BCUT2D eigenvalue weighted by Gasteiger charge is 2.34. The van der Waals surface area contributed by atoms with Gasteiger partial charge < -0.3 is 4.90 Å². The van der Waals surface area contributed by atoms with Gasteiger partial charge in [0, 0.05) is 18.3 Å². The van der Waals surface area contributed by atoms with Crippen LogP contribution in [-0.2, 0) is 14.6 Å². The van der Waals surface area contributed by atoms with E-state index in [1.54, 1.807) is 4.90 Å². The second-order valence-electron chi connectivity index (χ2n) is 7.16. The maximum Gasteiger partial charge on any atom is 0.233 e. The number of rotatable bonds is 6. The first-order valence-electron chi connectivity index (χ1n) is 8.64. The first kappa shape index (κ1) is 20.7. The van der Waals surface area contributed by atoms with Crippen molar-refractivity contribution >= 4 is 27.5 Å². The number of hydrogen-bond donors (Lipinski definition) is 0. The zero-order valence-electron chi connectivity index (χ0n) is 15.7. The van der Waals surface area contributed by atoms with Crippen LogP contribution >= 0.6 is 11.8 Å². The second kappa shape index (κ2) is 8.40. The highest BCUT2D eigenvalue weighted by Crippen LogP contribution is 2.25. The van der Waals surface area contributed by atoms with Gasteiger partial charge in [-0.2, -0.15) is 5.26 Å². The first-order valence-corrected chi connectivity index (χ1v) is 11.4. The van der Waals surface area contributed by atoms with Gasteiger partial charge in [-0.25, -0.2) is 13.4 Å². The van der Waals surface area contributed by atoms with Crippen LogP contribution in [-0.4, -0.2) is 54.1 Å². The van der Waals surface area contributed by atoms with E-state index < -0.39 is 9.84 Å². The Morgan fingerprint density at radius 3 is 2.69 bits per heavy atom. The van der Waals surface area contributed by atoms with Crippen LogP contribution in [0.3, 0.4) is 0 Å². The van der Waals surface area contributed by atoms with Crippen molar-refractivity contribution < 1.29 is 13.2 Å². The Hall–Kier alpha value is -1.59. The molecule has 1 aliphatic rings. The molecule has 0 radical (unpaired) electrons. The van der Waals surface area contributed by atoms with E-state index >= 15 is 0 Å². The summed E-state index contributed by atoms with van der Waals surface area (Å²) in [5.74, 6) is 0.482. The Kier molecular flexibility index (Phi) is 6.69. The Morgan fingerprint density at radius 1 is 1.46 bits per heavy atom. The Morgan fingerprint density at radius 2 is 2.15 bits per heavy atom. The molecule has 0 aromatic carbocycles. The van der Waals surface area contributed by atoms with Crippen LogP contribution in [0.25, 0.3) is 0 Å². The Bertz CT molecular complexity index is 829. The molecule has 0 saturated carbocycles.